The molecule has 0 radical (unpaired) electrons. The van der Waals surface area contributed by atoms with Crippen molar-refractivity contribution in [2.24, 2.45) is 0 Å². The quantitative estimate of drug-likeness (QED) is 0.172. The van der Waals surface area contributed by atoms with Crippen LogP contribution >= 0.6 is 0 Å². The smallest absolute Gasteiger partial charge is 0.137 e. The highest BCUT2D eigenvalue weighted by atomic mass is 16.5. The molecular formula is C70H68N4O. The van der Waals surface area contributed by atoms with Gasteiger partial charge in [0.25, 0.3) is 0 Å². The largest absolute Gasteiger partial charge is 0.457 e. The molecule has 0 unspecified atom stereocenters. The first kappa shape index (κ1) is 38.7. The van der Waals surface area contributed by atoms with Crippen molar-refractivity contribution in [2.45, 2.75) is 111 Å². The molecule has 5 heteroatoms. The van der Waals surface area contributed by atoms with Crippen LogP contribution in [0.25, 0.3) is 82.1 Å². The van der Waals surface area contributed by atoms with Crippen LogP contribution in [-0.2, 0) is 28.3 Å². The van der Waals surface area contributed by atoms with Gasteiger partial charge in [-0.1, -0.05) is 198 Å². The van der Waals surface area contributed by atoms with Crippen LogP contribution in [0, 0.1) is 0 Å². The highest BCUT2D eigenvalue weighted by Gasteiger charge is 2.29. The van der Waals surface area contributed by atoms with Crippen molar-refractivity contribution in [3.8, 4) is 28.4 Å². The van der Waals surface area contributed by atoms with Gasteiger partial charge in [0.05, 0.1) is 27.8 Å². The van der Waals surface area contributed by atoms with Gasteiger partial charge >= 0.3 is 0 Å². The zero-order valence-corrected chi connectivity index (χ0v) is 44.2. The van der Waals surface area contributed by atoms with Crippen LogP contribution in [0.2, 0.25) is 0 Å². The third-order valence-corrected chi connectivity index (χ3v) is 15.2. The van der Waals surface area contributed by atoms with Gasteiger partial charge in [0.1, 0.15) is 24.0 Å². The Morgan fingerprint density at radius 2 is 1.08 bits per heavy atom. The Bertz CT molecular complexity index is 4510. The van der Waals surface area contributed by atoms with Gasteiger partial charge in [-0.05, 0) is 120 Å². The number of rotatable bonds is 5. The van der Waals surface area contributed by atoms with E-state index in [1.807, 2.05) is 69.4 Å². The Morgan fingerprint density at radius 3 is 1.83 bits per heavy atom. The molecule has 0 saturated carbocycles. The maximum Gasteiger partial charge on any atom is 0.137 e. The van der Waals surface area contributed by atoms with Gasteiger partial charge < -0.3 is 14.2 Å². The zero-order valence-electron chi connectivity index (χ0n) is 53.2. The molecule has 1 aliphatic rings. The minimum absolute atomic E-state index is 0.0817. The van der Waals surface area contributed by atoms with Crippen LogP contribution in [0.3, 0.4) is 0 Å². The highest BCUT2D eigenvalue weighted by molar-refractivity contribution is 6.23. The number of fused-ring (bicyclic) bond motifs is 10. The molecule has 8 aromatic carbocycles. The van der Waals surface area contributed by atoms with Crippen LogP contribution in [0.15, 0.2) is 182 Å². The van der Waals surface area contributed by atoms with Crippen LogP contribution in [-0.4, -0.2) is 14.1 Å². The summed E-state index contributed by atoms with van der Waals surface area (Å²) in [7, 11) is 0. The number of pyridine rings is 1. The molecule has 0 atom stereocenters. The van der Waals surface area contributed by atoms with E-state index in [0.29, 0.717) is 34.9 Å². The average Bonchev–Trinajstić information content (AvgIpc) is 1.04. The first-order chi connectivity index (χ1) is 39.5. The van der Waals surface area contributed by atoms with Gasteiger partial charge in [-0.3, -0.25) is 4.57 Å². The Labute approximate surface area is 455 Å². The second kappa shape index (κ2) is 17.3. The van der Waals surface area contributed by atoms with Crippen LogP contribution in [0.4, 0.5) is 11.4 Å². The fourth-order valence-corrected chi connectivity index (χ4v) is 11.4. The van der Waals surface area contributed by atoms with E-state index < -0.39 is 31.4 Å². The van der Waals surface area contributed by atoms with Crippen molar-refractivity contribution in [1.82, 2.24) is 14.1 Å². The summed E-state index contributed by atoms with van der Waals surface area (Å²) in [5, 5.41) is 8.20. The summed E-state index contributed by atoms with van der Waals surface area (Å²) in [4.78, 5) is 7.18. The minimum atomic E-state index is -3.47. The van der Waals surface area contributed by atoms with Crippen molar-refractivity contribution in [3.05, 3.63) is 204 Å². The van der Waals surface area contributed by atoms with Crippen molar-refractivity contribution < 1.29 is 17.1 Å². The summed E-state index contributed by atoms with van der Waals surface area (Å²) >= 11 is 0. The van der Waals surface area contributed by atoms with Gasteiger partial charge in [-0.15, -0.1) is 0 Å². The lowest BCUT2D eigenvalue weighted by atomic mass is 9.78. The number of para-hydroxylation sites is 3. The zero-order chi connectivity index (χ0) is 59.8. The van der Waals surface area contributed by atoms with E-state index >= 15 is 0 Å². The number of aromatic nitrogens is 3. The molecule has 0 aliphatic carbocycles. The van der Waals surface area contributed by atoms with Crippen LogP contribution < -0.4 is 9.64 Å². The molecule has 0 spiro atoms. The number of hydrogen-bond acceptors (Lipinski definition) is 3. The Kier molecular flexibility index (Phi) is 8.94. The lowest BCUT2D eigenvalue weighted by Crippen LogP contribution is -2.17. The second-order valence-corrected chi connectivity index (χ2v) is 23.5. The Balaban J connectivity index is 1.12. The molecular weight excluding hydrogens is 913 g/mol. The monoisotopic (exact) mass is 990 g/mol. The van der Waals surface area contributed by atoms with E-state index in [-0.39, 0.29) is 16.4 Å². The summed E-state index contributed by atoms with van der Waals surface area (Å²) in [5.74, 6) is 2.11. The lowest BCUT2D eigenvalue weighted by Gasteiger charge is -2.27. The fourth-order valence-electron chi connectivity index (χ4n) is 11.4. The number of nitrogens with zero attached hydrogens (tertiary/aromatic N) is 4. The topological polar surface area (TPSA) is 35.2 Å². The number of anilines is 2. The predicted octanol–water partition coefficient (Wildman–Crippen LogP) is 19.5. The van der Waals surface area contributed by atoms with E-state index in [4.69, 9.17) is 22.1 Å². The molecule has 75 heavy (non-hydrogen) atoms. The molecule has 5 nitrogen and oxygen atoms in total. The Hall–Kier alpha value is -7.89. The van der Waals surface area contributed by atoms with Crippen molar-refractivity contribution >= 4 is 76.5 Å². The van der Waals surface area contributed by atoms with Gasteiger partial charge in [-0.25, -0.2) is 4.98 Å². The van der Waals surface area contributed by atoms with E-state index in [1.54, 1.807) is 0 Å². The molecule has 11 aromatic rings. The van der Waals surface area contributed by atoms with Crippen LogP contribution in [0.1, 0.15) is 117 Å². The summed E-state index contributed by atoms with van der Waals surface area (Å²) in [6.07, 6.45) is 1.88. The van der Waals surface area contributed by atoms with E-state index in [1.165, 1.54) is 23.3 Å². The molecule has 1 aliphatic heterocycles. The molecule has 3 aromatic heterocycles. The first-order valence-electron chi connectivity index (χ1n) is 30.5. The highest BCUT2D eigenvalue weighted by Crippen LogP contribution is 2.47. The molecule has 0 fully saturated rings. The maximum absolute atomic E-state index is 8.86. The molecule has 0 bridgehead atoms. The summed E-state index contributed by atoms with van der Waals surface area (Å²) < 4.78 is 91.2. The van der Waals surface area contributed by atoms with E-state index in [9.17, 15) is 0 Å². The molecule has 374 valence electrons. The third-order valence-electron chi connectivity index (χ3n) is 15.2. The minimum Gasteiger partial charge on any atom is -0.457 e. The van der Waals surface area contributed by atoms with Crippen molar-refractivity contribution in [2.75, 3.05) is 4.90 Å². The van der Waals surface area contributed by atoms with E-state index in [2.05, 4.69) is 177 Å². The summed E-state index contributed by atoms with van der Waals surface area (Å²) in [5.41, 5.74) is 5.04. The molecule has 4 heterocycles. The van der Waals surface area contributed by atoms with Gasteiger partial charge in [0.15, 0.2) is 0 Å². The van der Waals surface area contributed by atoms with Gasteiger partial charge in [0.2, 0.25) is 0 Å². The lowest BCUT2D eigenvalue weighted by molar-refractivity contribution is 0.483. The Morgan fingerprint density at radius 1 is 0.467 bits per heavy atom. The second-order valence-electron chi connectivity index (χ2n) is 23.5. The first-order valence-corrected chi connectivity index (χ1v) is 26.0. The summed E-state index contributed by atoms with van der Waals surface area (Å²) in [6.45, 7) is 9.09. The predicted molar refractivity (Wildman–Crippen MR) is 320 cm³/mol. The van der Waals surface area contributed by atoms with E-state index in [0.717, 1.165) is 82.3 Å². The molecule has 0 amide bonds. The standard InChI is InChI=1S/C70H68N4O/c1-67(2,3)45-35-36-71-63(40-45)74-60-31-16-15-24-53(60)54-34-33-50(42-62(54)74)75-49-22-17-21-48(41-49)72-43-73-65-51(44-37-46(68(4,5)6)39-47(38-44)69(7,8)9)26-18-28-57(65)52-23-13-14-25-55(52)64-56(27-19-30-59(64)70(10,11)12)58-29-20-32-61(72)66(58)73/h13-42H,43H2,1-12H3/i4D3,5D3,6D3. The maximum atomic E-state index is 8.86. The third kappa shape index (κ3) is 8.28. The van der Waals surface area contributed by atoms with Crippen molar-refractivity contribution in [3.63, 3.8) is 0 Å². The fraction of sp³-hybridized carbons (Fsp3) is 0.243. The molecule has 12 rings (SSSR count). The number of hydrogen-bond donors (Lipinski definition) is 0. The SMILES string of the molecule is [2H]C([2H])([2H])C(c1cc(-c2cccc3c4ccccc4c4c(C(C)(C)C)cccc4c4cccc5c4n(c23)CN5c2cccc(Oc3ccc4c5ccccc5n(-c5cc(C(C)(C)C)ccn5)c4c3)c2)cc(C(C)(C)C)c1)(C([2H])([2H])[2H])C([2H])([2H])[2H]. The van der Waals surface area contributed by atoms with Crippen molar-refractivity contribution in [1.29, 1.82) is 0 Å². The van der Waals surface area contributed by atoms with Gasteiger partial charge in [0, 0.05) is 63.5 Å². The average molecular weight is 990 g/mol. The van der Waals surface area contributed by atoms with Crippen LogP contribution in [0.5, 0.6) is 11.5 Å². The molecule has 0 saturated heterocycles. The van der Waals surface area contributed by atoms with Gasteiger partial charge in [-0.2, -0.15) is 0 Å². The molecule has 0 N–H and O–H groups in total. The summed E-state index contributed by atoms with van der Waals surface area (Å²) in [6, 6.07) is 59.4. The number of benzene rings is 8. The number of ether oxygens (including phenoxy) is 1. The normalized spacial score (nSPS) is 15.5.